The molecule has 92 valence electrons. The van der Waals surface area contributed by atoms with Crippen LogP contribution in [0.4, 0.5) is 0 Å². The molecule has 1 atom stereocenters. The van der Waals surface area contributed by atoms with Crippen LogP contribution in [0.1, 0.15) is 34.1 Å². The van der Waals surface area contributed by atoms with E-state index in [1.54, 1.807) is 0 Å². The van der Waals surface area contributed by atoms with Crippen molar-refractivity contribution in [3.63, 3.8) is 0 Å². The summed E-state index contributed by atoms with van der Waals surface area (Å²) < 4.78 is 0. The van der Waals surface area contributed by atoms with Gasteiger partial charge in [0.25, 0.3) is 0 Å². The number of carbonyl (C=O) groups excluding carboxylic acids is 1. The van der Waals surface area contributed by atoms with Gasteiger partial charge in [-0.15, -0.1) is 0 Å². The highest BCUT2D eigenvalue weighted by Gasteiger charge is 2.33. The lowest BCUT2D eigenvalue weighted by molar-refractivity contribution is -0.130. The summed E-state index contributed by atoms with van der Waals surface area (Å²) in [6.45, 7) is 15.1. The van der Waals surface area contributed by atoms with Crippen LogP contribution in [-0.4, -0.2) is 46.9 Å². The van der Waals surface area contributed by atoms with E-state index in [2.05, 4.69) is 39.2 Å². The summed E-state index contributed by atoms with van der Waals surface area (Å²) in [5, 5.41) is 0. The largest absolute Gasteiger partial charge is 0.336 e. The van der Waals surface area contributed by atoms with Gasteiger partial charge in [0.1, 0.15) is 0 Å². The zero-order valence-electron chi connectivity index (χ0n) is 11.0. The first-order valence-corrected chi connectivity index (χ1v) is 6.08. The SMILES string of the molecule is C=CC(=O)N1CCN(C(C)(C)C)[C@H](CC)C1. The van der Waals surface area contributed by atoms with Gasteiger partial charge < -0.3 is 4.90 Å². The van der Waals surface area contributed by atoms with Gasteiger partial charge in [0.2, 0.25) is 5.91 Å². The Morgan fingerprint density at radius 2 is 2.06 bits per heavy atom. The normalized spacial score (nSPS) is 23.2. The highest BCUT2D eigenvalue weighted by atomic mass is 16.2. The Labute approximate surface area is 99.1 Å². The molecule has 0 bridgehead atoms. The van der Waals surface area contributed by atoms with Gasteiger partial charge in [-0.25, -0.2) is 0 Å². The molecule has 16 heavy (non-hydrogen) atoms. The quantitative estimate of drug-likeness (QED) is 0.669. The Morgan fingerprint density at radius 1 is 1.44 bits per heavy atom. The topological polar surface area (TPSA) is 23.6 Å². The molecule has 0 aliphatic carbocycles. The number of rotatable bonds is 2. The van der Waals surface area contributed by atoms with Crippen LogP contribution >= 0.6 is 0 Å². The molecular formula is C13H24N2O. The lowest BCUT2D eigenvalue weighted by Gasteiger charge is -2.47. The molecule has 1 aliphatic heterocycles. The summed E-state index contributed by atoms with van der Waals surface area (Å²) in [4.78, 5) is 16.0. The third-order valence-electron chi connectivity index (χ3n) is 3.30. The lowest BCUT2D eigenvalue weighted by atomic mass is 9.98. The van der Waals surface area contributed by atoms with Gasteiger partial charge in [0, 0.05) is 31.2 Å². The first-order valence-electron chi connectivity index (χ1n) is 6.08. The van der Waals surface area contributed by atoms with E-state index in [-0.39, 0.29) is 11.4 Å². The number of amides is 1. The van der Waals surface area contributed by atoms with E-state index >= 15 is 0 Å². The average Bonchev–Trinajstić information content (AvgIpc) is 2.25. The molecule has 1 saturated heterocycles. The lowest BCUT2D eigenvalue weighted by Crippen LogP contribution is -2.59. The molecular weight excluding hydrogens is 200 g/mol. The minimum absolute atomic E-state index is 0.0620. The van der Waals surface area contributed by atoms with E-state index in [0.29, 0.717) is 6.04 Å². The van der Waals surface area contributed by atoms with Crippen LogP contribution in [0.15, 0.2) is 12.7 Å². The Kier molecular flexibility index (Phi) is 4.14. The molecule has 0 unspecified atom stereocenters. The smallest absolute Gasteiger partial charge is 0.246 e. The summed E-state index contributed by atoms with van der Waals surface area (Å²) in [6, 6.07) is 0.470. The van der Waals surface area contributed by atoms with Crippen LogP contribution in [0.2, 0.25) is 0 Å². The highest BCUT2D eigenvalue weighted by Crippen LogP contribution is 2.22. The first-order chi connectivity index (χ1) is 7.40. The summed E-state index contributed by atoms with van der Waals surface area (Å²) in [7, 11) is 0. The highest BCUT2D eigenvalue weighted by molar-refractivity contribution is 5.87. The standard InChI is InChI=1S/C13H24N2O/c1-6-11-10-14(12(16)7-2)8-9-15(11)13(3,4)5/h7,11H,2,6,8-10H2,1,3-5H3/t11-/m1/s1. The second-order valence-corrected chi connectivity index (χ2v) is 5.41. The van der Waals surface area contributed by atoms with Crippen molar-refractivity contribution in [2.75, 3.05) is 19.6 Å². The Balaban J connectivity index is 2.71. The van der Waals surface area contributed by atoms with Crippen LogP contribution in [0.25, 0.3) is 0 Å². The van der Waals surface area contributed by atoms with Crippen molar-refractivity contribution in [1.82, 2.24) is 9.80 Å². The van der Waals surface area contributed by atoms with Gasteiger partial charge in [-0.1, -0.05) is 13.5 Å². The molecule has 0 spiro atoms. The molecule has 1 fully saturated rings. The molecule has 3 heteroatoms. The molecule has 0 N–H and O–H groups in total. The van der Waals surface area contributed by atoms with Gasteiger partial charge in [0.15, 0.2) is 0 Å². The number of nitrogens with zero attached hydrogens (tertiary/aromatic N) is 2. The van der Waals surface area contributed by atoms with Crippen molar-refractivity contribution in [2.24, 2.45) is 0 Å². The minimum Gasteiger partial charge on any atom is -0.336 e. The van der Waals surface area contributed by atoms with Crippen molar-refractivity contribution in [2.45, 2.75) is 45.7 Å². The second-order valence-electron chi connectivity index (χ2n) is 5.41. The zero-order valence-corrected chi connectivity index (χ0v) is 11.0. The van der Waals surface area contributed by atoms with Crippen LogP contribution < -0.4 is 0 Å². The third kappa shape index (κ3) is 2.85. The fourth-order valence-electron chi connectivity index (χ4n) is 2.42. The predicted octanol–water partition coefficient (Wildman–Crippen LogP) is 1.89. The molecule has 1 heterocycles. The van der Waals surface area contributed by atoms with Crippen LogP contribution in [-0.2, 0) is 4.79 Å². The maximum Gasteiger partial charge on any atom is 0.246 e. The Morgan fingerprint density at radius 3 is 2.50 bits per heavy atom. The van der Waals surface area contributed by atoms with Gasteiger partial charge in [-0.2, -0.15) is 0 Å². The van der Waals surface area contributed by atoms with E-state index < -0.39 is 0 Å². The van der Waals surface area contributed by atoms with Gasteiger partial charge in [-0.3, -0.25) is 9.69 Å². The van der Waals surface area contributed by atoms with Crippen molar-refractivity contribution in [3.05, 3.63) is 12.7 Å². The van der Waals surface area contributed by atoms with Crippen molar-refractivity contribution in [1.29, 1.82) is 0 Å². The van der Waals surface area contributed by atoms with E-state index in [4.69, 9.17) is 0 Å². The molecule has 0 radical (unpaired) electrons. The molecule has 0 aromatic carbocycles. The maximum absolute atomic E-state index is 11.6. The zero-order chi connectivity index (χ0) is 12.3. The van der Waals surface area contributed by atoms with Crippen LogP contribution in [0.5, 0.6) is 0 Å². The third-order valence-corrected chi connectivity index (χ3v) is 3.30. The molecule has 1 rings (SSSR count). The van der Waals surface area contributed by atoms with E-state index in [0.717, 1.165) is 26.1 Å². The van der Waals surface area contributed by atoms with E-state index in [1.165, 1.54) is 6.08 Å². The molecule has 0 aromatic heterocycles. The first kappa shape index (κ1) is 13.2. The van der Waals surface area contributed by atoms with Crippen molar-refractivity contribution < 1.29 is 4.79 Å². The Hall–Kier alpha value is -0.830. The maximum atomic E-state index is 11.6. The van der Waals surface area contributed by atoms with Crippen LogP contribution in [0.3, 0.4) is 0 Å². The minimum atomic E-state index is 0.0620. The fourth-order valence-corrected chi connectivity index (χ4v) is 2.42. The number of hydrogen-bond acceptors (Lipinski definition) is 2. The second kappa shape index (κ2) is 5.00. The summed E-state index contributed by atoms with van der Waals surface area (Å²) in [5.41, 5.74) is 0.185. The number of piperazine rings is 1. The summed E-state index contributed by atoms with van der Waals surface area (Å²) in [6.07, 6.45) is 2.50. The van der Waals surface area contributed by atoms with Crippen LogP contribution in [0, 0.1) is 0 Å². The van der Waals surface area contributed by atoms with Gasteiger partial charge >= 0.3 is 0 Å². The molecule has 1 amide bonds. The van der Waals surface area contributed by atoms with Gasteiger partial charge in [-0.05, 0) is 33.3 Å². The molecule has 1 aliphatic rings. The summed E-state index contributed by atoms with van der Waals surface area (Å²) >= 11 is 0. The van der Waals surface area contributed by atoms with E-state index in [1.807, 2.05) is 4.90 Å². The number of carbonyl (C=O) groups is 1. The predicted molar refractivity (Wildman–Crippen MR) is 67.3 cm³/mol. The molecule has 0 saturated carbocycles. The molecule has 0 aromatic rings. The fraction of sp³-hybridized carbons (Fsp3) is 0.769. The van der Waals surface area contributed by atoms with Crippen molar-refractivity contribution in [3.8, 4) is 0 Å². The average molecular weight is 224 g/mol. The Bertz CT molecular complexity index is 268. The summed E-state index contributed by atoms with van der Waals surface area (Å²) in [5.74, 6) is 0.0620. The molecule has 3 nitrogen and oxygen atoms in total. The van der Waals surface area contributed by atoms with Crippen molar-refractivity contribution >= 4 is 5.91 Å². The number of hydrogen-bond donors (Lipinski definition) is 0. The van der Waals surface area contributed by atoms with Gasteiger partial charge in [0.05, 0.1) is 0 Å². The monoisotopic (exact) mass is 224 g/mol. The van der Waals surface area contributed by atoms with E-state index in [9.17, 15) is 4.79 Å².